The molecule has 31 heavy (non-hydrogen) atoms. The maximum Gasteiger partial charge on any atom is 0.154 e. The molecule has 3 aromatic rings. The van der Waals surface area contributed by atoms with Crippen molar-refractivity contribution in [2.24, 2.45) is 5.73 Å². The summed E-state index contributed by atoms with van der Waals surface area (Å²) in [6.45, 7) is 0. The Morgan fingerprint density at radius 2 is 1.81 bits per heavy atom. The van der Waals surface area contributed by atoms with E-state index in [1.54, 1.807) is 13.3 Å². The highest BCUT2D eigenvalue weighted by atomic mass is 35.5. The Hall–Kier alpha value is -2.12. The molecule has 1 aromatic carbocycles. The second-order valence-electron chi connectivity index (χ2n) is 7.19. The number of hydrogen-bond donors (Lipinski definition) is 2. The first-order valence-corrected chi connectivity index (χ1v) is 9.67. The molecule has 2 aromatic heterocycles. The van der Waals surface area contributed by atoms with Crippen LogP contribution in [-0.4, -0.2) is 34.1 Å². The highest BCUT2D eigenvalue weighted by Crippen LogP contribution is 2.28. The molecule has 1 fully saturated rings. The van der Waals surface area contributed by atoms with Gasteiger partial charge in [-0.25, -0.2) is 9.97 Å². The van der Waals surface area contributed by atoms with E-state index in [9.17, 15) is 0 Å². The summed E-state index contributed by atoms with van der Waals surface area (Å²) < 4.78 is 5.40. The van der Waals surface area contributed by atoms with E-state index >= 15 is 0 Å². The lowest BCUT2D eigenvalue weighted by Crippen LogP contribution is -2.33. The Bertz CT molecular complexity index is 980. The van der Waals surface area contributed by atoms with Crippen molar-refractivity contribution < 1.29 is 4.74 Å². The van der Waals surface area contributed by atoms with Gasteiger partial charge >= 0.3 is 0 Å². The molecule has 9 heteroatoms. The highest BCUT2D eigenvalue weighted by Gasteiger charge is 2.20. The molecule has 2 heterocycles. The molecule has 1 aliphatic carbocycles. The van der Waals surface area contributed by atoms with Gasteiger partial charge in [0.05, 0.1) is 12.6 Å². The molecule has 1 saturated carbocycles. The van der Waals surface area contributed by atoms with Crippen LogP contribution in [0.1, 0.15) is 37.1 Å². The Morgan fingerprint density at radius 1 is 1.03 bits per heavy atom. The molecule has 0 bridgehead atoms. The summed E-state index contributed by atoms with van der Waals surface area (Å²) in [5.41, 5.74) is 7.95. The van der Waals surface area contributed by atoms with Gasteiger partial charge in [-0.2, -0.15) is 0 Å². The molecule has 4 rings (SSSR count). The Balaban J connectivity index is 0.00000160. The summed E-state index contributed by atoms with van der Waals surface area (Å²) in [7, 11) is 1.67. The fraction of sp³-hybridized carbons (Fsp3) is 0.318. The summed E-state index contributed by atoms with van der Waals surface area (Å²) in [5, 5.41) is 4.59. The molecule has 0 aliphatic heterocycles. The zero-order valence-electron chi connectivity index (χ0n) is 17.2. The molecule has 0 atom stereocenters. The first-order chi connectivity index (χ1) is 13.7. The van der Waals surface area contributed by atoms with E-state index in [1.165, 1.54) is 0 Å². The molecular weight excluding hydrogens is 457 g/mol. The number of aromatic nitrogens is 3. The molecule has 0 amide bonds. The number of fused-ring (bicyclic) bond motifs is 1. The van der Waals surface area contributed by atoms with Crippen LogP contribution in [0, 0.1) is 0 Å². The lowest BCUT2D eigenvalue weighted by atomic mass is 9.92. The highest BCUT2D eigenvalue weighted by molar-refractivity contribution is 5.91. The number of ether oxygens (including phenoxy) is 1. The van der Waals surface area contributed by atoms with Gasteiger partial charge in [0.25, 0.3) is 0 Å². The second kappa shape index (κ2) is 12.7. The fourth-order valence-corrected chi connectivity index (χ4v) is 3.54. The Morgan fingerprint density at radius 3 is 2.48 bits per heavy atom. The maximum absolute atomic E-state index is 6.05. The standard InChI is InChI=1S/C22H25N5O.3ClH/c1-28-18-9-10-20-19(13-18)22(25-17-7-5-16(23)6-8-17)27-21(26-20)11-4-15-3-2-12-24-14-15;;;/h2-4,9-14,16-17H,5-8,23H2,1H3,(H,25,26,27);3*1H/b11-4+;;;. The molecule has 168 valence electrons. The van der Waals surface area contributed by atoms with Crippen LogP contribution in [-0.2, 0) is 0 Å². The van der Waals surface area contributed by atoms with Gasteiger partial charge in [-0.15, -0.1) is 37.2 Å². The lowest BCUT2D eigenvalue weighted by molar-refractivity contribution is 0.410. The van der Waals surface area contributed by atoms with Crippen molar-refractivity contribution >= 4 is 66.1 Å². The monoisotopic (exact) mass is 483 g/mol. The van der Waals surface area contributed by atoms with E-state index < -0.39 is 0 Å². The molecule has 1 aliphatic rings. The number of hydrogen-bond acceptors (Lipinski definition) is 6. The number of methoxy groups -OCH3 is 1. The third-order valence-electron chi connectivity index (χ3n) is 5.14. The molecule has 3 N–H and O–H groups in total. The molecule has 0 radical (unpaired) electrons. The number of nitrogens with zero attached hydrogens (tertiary/aromatic N) is 3. The zero-order valence-corrected chi connectivity index (χ0v) is 19.7. The lowest BCUT2D eigenvalue weighted by Gasteiger charge is -2.27. The van der Waals surface area contributed by atoms with E-state index in [1.807, 2.05) is 48.7 Å². The minimum Gasteiger partial charge on any atom is -0.497 e. The van der Waals surface area contributed by atoms with E-state index in [-0.39, 0.29) is 37.2 Å². The van der Waals surface area contributed by atoms with Crippen molar-refractivity contribution in [2.45, 2.75) is 37.8 Å². The van der Waals surface area contributed by atoms with Crippen LogP contribution >= 0.6 is 37.2 Å². The smallest absolute Gasteiger partial charge is 0.154 e. The van der Waals surface area contributed by atoms with Crippen LogP contribution in [0.25, 0.3) is 23.1 Å². The van der Waals surface area contributed by atoms with Gasteiger partial charge in [0.1, 0.15) is 11.6 Å². The number of nitrogens with two attached hydrogens (primary N) is 1. The number of halogens is 3. The average molecular weight is 485 g/mol. The van der Waals surface area contributed by atoms with Crippen LogP contribution in [0.3, 0.4) is 0 Å². The minimum absolute atomic E-state index is 0. The maximum atomic E-state index is 6.05. The minimum atomic E-state index is 0. The van der Waals surface area contributed by atoms with E-state index in [2.05, 4.69) is 10.3 Å². The van der Waals surface area contributed by atoms with Crippen LogP contribution in [0.5, 0.6) is 5.75 Å². The molecule has 6 nitrogen and oxygen atoms in total. The summed E-state index contributed by atoms with van der Waals surface area (Å²) in [6.07, 6.45) is 11.6. The van der Waals surface area contributed by atoms with Gasteiger partial charge < -0.3 is 15.8 Å². The van der Waals surface area contributed by atoms with Crippen molar-refractivity contribution in [1.82, 2.24) is 15.0 Å². The molecule has 0 spiro atoms. The van der Waals surface area contributed by atoms with E-state index in [4.69, 9.17) is 20.4 Å². The van der Waals surface area contributed by atoms with Crippen molar-refractivity contribution in [2.75, 3.05) is 12.4 Å². The first-order valence-electron chi connectivity index (χ1n) is 9.67. The fourth-order valence-electron chi connectivity index (χ4n) is 3.54. The largest absolute Gasteiger partial charge is 0.497 e. The predicted octanol–water partition coefficient (Wildman–Crippen LogP) is 5.15. The summed E-state index contributed by atoms with van der Waals surface area (Å²) in [4.78, 5) is 13.6. The van der Waals surface area contributed by atoms with Crippen LogP contribution < -0.4 is 15.8 Å². The van der Waals surface area contributed by atoms with Crippen molar-refractivity contribution in [3.05, 3.63) is 54.1 Å². The summed E-state index contributed by atoms with van der Waals surface area (Å²) in [6, 6.07) is 10.5. The third-order valence-corrected chi connectivity index (χ3v) is 5.14. The van der Waals surface area contributed by atoms with Gasteiger partial charge in [0, 0.05) is 29.9 Å². The van der Waals surface area contributed by atoms with Crippen molar-refractivity contribution in [1.29, 1.82) is 0 Å². The van der Waals surface area contributed by atoms with Gasteiger partial charge in [-0.3, -0.25) is 4.98 Å². The van der Waals surface area contributed by atoms with Crippen LogP contribution in [0.15, 0.2) is 42.7 Å². The normalized spacial score (nSPS) is 17.9. The zero-order chi connectivity index (χ0) is 19.3. The molecular formula is C22H28Cl3N5O. The number of rotatable bonds is 5. The third kappa shape index (κ3) is 6.94. The number of nitrogens with one attached hydrogen (secondary N) is 1. The number of pyridine rings is 1. The Kier molecular flexibility index (Phi) is 11.0. The van der Waals surface area contributed by atoms with Crippen LogP contribution in [0.4, 0.5) is 5.82 Å². The summed E-state index contributed by atoms with van der Waals surface area (Å²) in [5.74, 6) is 2.30. The molecule has 0 unspecified atom stereocenters. The van der Waals surface area contributed by atoms with E-state index in [0.29, 0.717) is 17.9 Å². The first kappa shape index (κ1) is 26.9. The number of anilines is 1. The topological polar surface area (TPSA) is 86.0 Å². The summed E-state index contributed by atoms with van der Waals surface area (Å²) >= 11 is 0. The SMILES string of the molecule is COc1ccc2nc(/C=C/c3cccnc3)nc(NC3CCC(N)CC3)c2c1.Cl.Cl.Cl. The van der Waals surface area contributed by atoms with Crippen molar-refractivity contribution in [3.63, 3.8) is 0 Å². The predicted molar refractivity (Wildman–Crippen MR) is 135 cm³/mol. The number of benzene rings is 1. The Labute approximate surface area is 201 Å². The van der Waals surface area contributed by atoms with Crippen molar-refractivity contribution in [3.8, 4) is 5.75 Å². The second-order valence-corrected chi connectivity index (χ2v) is 7.19. The van der Waals surface area contributed by atoms with Crippen LogP contribution in [0.2, 0.25) is 0 Å². The average Bonchev–Trinajstić information content (AvgIpc) is 2.74. The van der Waals surface area contributed by atoms with Gasteiger partial charge in [0.2, 0.25) is 0 Å². The van der Waals surface area contributed by atoms with Gasteiger partial charge in [-0.1, -0.05) is 6.07 Å². The molecule has 0 saturated heterocycles. The van der Waals surface area contributed by atoms with Gasteiger partial charge in [0.15, 0.2) is 5.82 Å². The quantitative estimate of drug-likeness (QED) is 0.521. The van der Waals surface area contributed by atoms with Gasteiger partial charge in [-0.05, 0) is 67.7 Å². The van der Waals surface area contributed by atoms with E-state index in [0.717, 1.165) is 53.7 Å².